The van der Waals surface area contributed by atoms with Crippen molar-refractivity contribution < 1.29 is 0 Å². The molecule has 1 aliphatic heterocycles. The third-order valence-electron chi connectivity index (χ3n) is 5.53. The summed E-state index contributed by atoms with van der Waals surface area (Å²) < 4.78 is 0. The smallest absolute Gasteiger partial charge is 0.0234 e. The normalized spacial score (nSPS) is 17.4. The summed E-state index contributed by atoms with van der Waals surface area (Å²) in [4.78, 5) is 5.22. The molecule has 0 saturated carbocycles. The van der Waals surface area contributed by atoms with Crippen molar-refractivity contribution in [2.45, 2.75) is 66.8 Å². The van der Waals surface area contributed by atoms with Crippen molar-refractivity contribution >= 4 is 0 Å². The number of aryl methyl sites for hydroxylation is 1. The quantitative estimate of drug-likeness (QED) is 0.606. The molecule has 1 fully saturated rings. The van der Waals surface area contributed by atoms with Crippen molar-refractivity contribution in [2.75, 3.05) is 32.7 Å². The van der Waals surface area contributed by atoms with Crippen LogP contribution in [0.3, 0.4) is 0 Å². The molecule has 0 atom stereocenters. The minimum atomic E-state index is 0.475. The molecule has 0 radical (unpaired) electrons. The molecule has 1 aromatic rings. The van der Waals surface area contributed by atoms with Crippen LogP contribution in [-0.2, 0) is 13.0 Å². The van der Waals surface area contributed by atoms with Gasteiger partial charge in [0.05, 0.1) is 0 Å². The summed E-state index contributed by atoms with van der Waals surface area (Å²) in [5.74, 6) is 0.779. The van der Waals surface area contributed by atoms with E-state index in [0.29, 0.717) is 5.41 Å². The highest BCUT2D eigenvalue weighted by Gasteiger charge is 2.18. The molecule has 2 heteroatoms. The van der Waals surface area contributed by atoms with Crippen LogP contribution in [0.15, 0.2) is 24.3 Å². The average Bonchev–Trinajstić information content (AvgIpc) is 2.56. The first-order chi connectivity index (χ1) is 11.9. The monoisotopic (exact) mass is 344 g/mol. The van der Waals surface area contributed by atoms with Crippen molar-refractivity contribution in [3.8, 4) is 0 Å². The number of piperazine rings is 1. The van der Waals surface area contributed by atoms with Gasteiger partial charge in [-0.15, -0.1) is 0 Å². The molecule has 0 spiro atoms. The van der Waals surface area contributed by atoms with Gasteiger partial charge in [-0.3, -0.25) is 4.90 Å². The summed E-state index contributed by atoms with van der Waals surface area (Å²) in [5.41, 5.74) is 3.44. The zero-order valence-electron chi connectivity index (χ0n) is 17.4. The van der Waals surface area contributed by atoms with Gasteiger partial charge in [0.25, 0.3) is 0 Å². The maximum absolute atomic E-state index is 2.61. The first-order valence-corrected chi connectivity index (χ1v) is 10.4. The van der Waals surface area contributed by atoms with Gasteiger partial charge in [-0.25, -0.2) is 0 Å². The lowest BCUT2D eigenvalue weighted by Gasteiger charge is -2.35. The molecule has 1 saturated heterocycles. The Hall–Kier alpha value is -0.860. The van der Waals surface area contributed by atoms with E-state index >= 15 is 0 Å². The minimum absolute atomic E-state index is 0.475. The maximum atomic E-state index is 2.61. The zero-order chi connectivity index (χ0) is 18.3. The second-order valence-corrected chi connectivity index (χ2v) is 9.20. The van der Waals surface area contributed by atoms with E-state index in [4.69, 9.17) is 0 Å². The third-order valence-corrected chi connectivity index (χ3v) is 5.53. The molecule has 0 N–H and O–H groups in total. The molecule has 1 aromatic carbocycles. The van der Waals surface area contributed by atoms with Crippen LogP contribution in [0.1, 0.15) is 65.0 Å². The molecule has 0 aromatic heterocycles. The molecule has 2 rings (SSSR count). The van der Waals surface area contributed by atoms with Crippen LogP contribution in [0.4, 0.5) is 0 Å². The van der Waals surface area contributed by atoms with E-state index in [1.54, 1.807) is 0 Å². The van der Waals surface area contributed by atoms with E-state index in [1.807, 2.05) is 0 Å². The molecule has 0 unspecified atom stereocenters. The van der Waals surface area contributed by atoms with Gasteiger partial charge < -0.3 is 4.90 Å². The molecule has 2 nitrogen and oxygen atoms in total. The Balaban J connectivity index is 1.75. The number of benzene rings is 1. The van der Waals surface area contributed by atoms with Gasteiger partial charge in [0.1, 0.15) is 0 Å². The Morgan fingerprint density at radius 2 is 1.44 bits per heavy atom. The first kappa shape index (κ1) is 20.5. The molecule has 142 valence electrons. The van der Waals surface area contributed by atoms with E-state index in [9.17, 15) is 0 Å². The molecule has 1 aliphatic rings. The fourth-order valence-corrected chi connectivity index (χ4v) is 4.00. The lowest BCUT2D eigenvalue weighted by Crippen LogP contribution is -2.46. The number of nitrogens with zero attached hydrogens (tertiary/aromatic N) is 2. The topological polar surface area (TPSA) is 6.48 Å². The summed E-state index contributed by atoms with van der Waals surface area (Å²) in [6.45, 7) is 19.0. The SMILES string of the molecule is CCCC(C)(C)CCc1ccc(CN2CCN(CC(C)C)CC2)cc1. The summed E-state index contributed by atoms with van der Waals surface area (Å²) in [7, 11) is 0. The van der Waals surface area contributed by atoms with Crippen LogP contribution in [0.25, 0.3) is 0 Å². The van der Waals surface area contributed by atoms with Gasteiger partial charge in [0.2, 0.25) is 0 Å². The molecule has 25 heavy (non-hydrogen) atoms. The number of hydrogen-bond donors (Lipinski definition) is 0. The van der Waals surface area contributed by atoms with Crippen LogP contribution in [0.5, 0.6) is 0 Å². The van der Waals surface area contributed by atoms with Crippen molar-refractivity contribution in [3.63, 3.8) is 0 Å². The Morgan fingerprint density at radius 3 is 2.00 bits per heavy atom. The van der Waals surface area contributed by atoms with E-state index in [2.05, 4.69) is 68.7 Å². The Kier molecular flexibility index (Phi) is 7.96. The number of hydrogen-bond acceptors (Lipinski definition) is 2. The standard InChI is InChI=1S/C23H40N2/c1-6-12-23(4,5)13-11-21-7-9-22(10-8-21)19-25-16-14-24(15-17-25)18-20(2)3/h7-10,20H,6,11-19H2,1-5H3. The van der Waals surface area contributed by atoms with Crippen molar-refractivity contribution in [1.29, 1.82) is 0 Å². The Labute approximate surface area is 156 Å². The van der Waals surface area contributed by atoms with Crippen LogP contribution in [0, 0.1) is 11.3 Å². The van der Waals surface area contributed by atoms with Gasteiger partial charge in [0.15, 0.2) is 0 Å². The molecule has 1 heterocycles. The van der Waals surface area contributed by atoms with Crippen LogP contribution in [-0.4, -0.2) is 42.5 Å². The summed E-state index contributed by atoms with van der Waals surface area (Å²) >= 11 is 0. The van der Waals surface area contributed by atoms with Crippen LogP contribution < -0.4 is 0 Å². The molecule has 0 bridgehead atoms. The highest BCUT2D eigenvalue weighted by atomic mass is 15.3. The molecular weight excluding hydrogens is 304 g/mol. The maximum Gasteiger partial charge on any atom is 0.0234 e. The lowest BCUT2D eigenvalue weighted by atomic mass is 9.82. The summed E-state index contributed by atoms with van der Waals surface area (Å²) in [6.07, 6.45) is 5.11. The van der Waals surface area contributed by atoms with Gasteiger partial charge in [-0.1, -0.05) is 65.3 Å². The Morgan fingerprint density at radius 1 is 0.880 bits per heavy atom. The molecular formula is C23H40N2. The third kappa shape index (κ3) is 7.50. The lowest BCUT2D eigenvalue weighted by molar-refractivity contribution is 0.117. The first-order valence-electron chi connectivity index (χ1n) is 10.4. The second kappa shape index (κ2) is 9.73. The fourth-order valence-electron chi connectivity index (χ4n) is 4.00. The predicted octanol–water partition coefficient (Wildman–Crippen LogP) is 5.22. The average molecular weight is 345 g/mol. The van der Waals surface area contributed by atoms with Crippen molar-refractivity contribution in [1.82, 2.24) is 9.80 Å². The van der Waals surface area contributed by atoms with Crippen LogP contribution >= 0.6 is 0 Å². The molecule has 0 aliphatic carbocycles. The van der Waals surface area contributed by atoms with E-state index in [0.717, 1.165) is 12.5 Å². The van der Waals surface area contributed by atoms with Crippen LogP contribution in [0.2, 0.25) is 0 Å². The van der Waals surface area contributed by atoms with E-state index in [-0.39, 0.29) is 0 Å². The second-order valence-electron chi connectivity index (χ2n) is 9.20. The highest BCUT2D eigenvalue weighted by molar-refractivity contribution is 5.22. The van der Waals surface area contributed by atoms with Gasteiger partial charge >= 0.3 is 0 Å². The predicted molar refractivity (Wildman–Crippen MR) is 110 cm³/mol. The zero-order valence-corrected chi connectivity index (χ0v) is 17.4. The minimum Gasteiger partial charge on any atom is -0.301 e. The van der Waals surface area contributed by atoms with E-state index in [1.165, 1.54) is 69.5 Å². The van der Waals surface area contributed by atoms with Gasteiger partial charge in [-0.2, -0.15) is 0 Å². The van der Waals surface area contributed by atoms with Crippen molar-refractivity contribution in [2.24, 2.45) is 11.3 Å². The molecule has 0 amide bonds. The highest BCUT2D eigenvalue weighted by Crippen LogP contribution is 2.28. The van der Waals surface area contributed by atoms with Gasteiger partial charge in [-0.05, 0) is 41.7 Å². The van der Waals surface area contributed by atoms with Gasteiger partial charge in [0, 0.05) is 39.3 Å². The van der Waals surface area contributed by atoms with Crippen molar-refractivity contribution in [3.05, 3.63) is 35.4 Å². The fraction of sp³-hybridized carbons (Fsp3) is 0.739. The number of rotatable bonds is 9. The summed E-state index contributed by atoms with van der Waals surface area (Å²) in [5, 5.41) is 0. The summed E-state index contributed by atoms with van der Waals surface area (Å²) in [6, 6.07) is 9.41. The Bertz CT molecular complexity index is 481. The van der Waals surface area contributed by atoms with E-state index < -0.39 is 0 Å². The largest absolute Gasteiger partial charge is 0.301 e.